The van der Waals surface area contributed by atoms with E-state index in [1.165, 1.54) is 25.7 Å². The van der Waals surface area contributed by atoms with Gasteiger partial charge in [0, 0.05) is 6.04 Å². The van der Waals surface area contributed by atoms with Gasteiger partial charge in [0.2, 0.25) is 5.91 Å². The molecule has 1 saturated heterocycles. The first-order chi connectivity index (χ1) is 7.74. The summed E-state index contributed by atoms with van der Waals surface area (Å²) < 4.78 is 0. The molecule has 3 heteroatoms. The molecule has 3 nitrogen and oxygen atoms in total. The van der Waals surface area contributed by atoms with Gasteiger partial charge in [-0.3, -0.25) is 4.79 Å². The van der Waals surface area contributed by atoms with E-state index in [2.05, 4.69) is 24.5 Å². The molecule has 2 fully saturated rings. The van der Waals surface area contributed by atoms with Crippen molar-refractivity contribution in [3.8, 4) is 0 Å². The summed E-state index contributed by atoms with van der Waals surface area (Å²) in [7, 11) is 0. The summed E-state index contributed by atoms with van der Waals surface area (Å²) in [5.74, 6) is 1.71. The lowest BCUT2D eigenvalue weighted by Gasteiger charge is -2.28. The number of piperidine rings is 1. The Hall–Kier alpha value is -0.570. The molecule has 2 N–H and O–H groups in total. The fraction of sp³-hybridized carbons (Fsp3) is 0.923. The van der Waals surface area contributed by atoms with Crippen LogP contribution in [0.4, 0.5) is 0 Å². The van der Waals surface area contributed by atoms with Gasteiger partial charge in [0.05, 0.1) is 6.04 Å². The van der Waals surface area contributed by atoms with Crippen LogP contribution in [0, 0.1) is 11.8 Å². The molecule has 92 valence electrons. The first kappa shape index (κ1) is 11.9. The Balaban J connectivity index is 1.76. The molecule has 2 rings (SSSR count). The van der Waals surface area contributed by atoms with Gasteiger partial charge in [-0.15, -0.1) is 0 Å². The normalized spacial score (nSPS) is 38.1. The van der Waals surface area contributed by atoms with Crippen molar-refractivity contribution in [2.45, 2.75) is 58.0 Å². The summed E-state index contributed by atoms with van der Waals surface area (Å²) in [5.41, 5.74) is 0. The lowest BCUT2D eigenvalue weighted by atomic mass is 9.90. The second-order valence-electron chi connectivity index (χ2n) is 5.32. The number of carbonyl (C=O) groups is 1. The second kappa shape index (κ2) is 5.17. The van der Waals surface area contributed by atoms with Crippen LogP contribution in [-0.4, -0.2) is 24.5 Å². The van der Waals surface area contributed by atoms with Crippen molar-refractivity contribution in [2.75, 3.05) is 6.54 Å². The summed E-state index contributed by atoms with van der Waals surface area (Å²) in [5, 5.41) is 6.50. The van der Waals surface area contributed by atoms with Crippen molar-refractivity contribution >= 4 is 5.91 Å². The van der Waals surface area contributed by atoms with Crippen molar-refractivity contribution in [3.63, 3.8) is 0 Å². The van der Waals surface area contributed by atoms with Gasteiger partial charge in [0.15, 0.2) is 0 Å². The van der Waals surface area contributed by atoms with Crippen LogP contribution in [0.2, 0.25) is 0 Å². The van der Waals surface area contributed by atoms with E-state index in [9.17, 15) is 4.79 Å². The fourth-order valence-corrected chi connectivity index (χ4v) is 2.73. The van der Waals surface area contributed by atoms with Crippen LogP contribution in [0.3, 0.4) is 0 Å². The number of hydrogen-bond donors (Lipinski definition) is 2. The van der Waals surface area contributed by atoms with Crippen LogP contribution >= 0.6 is 0 Å². The van der Waals surface area contributed by atoms with Gasteiger partial charge in [-0.05, 0) is 37.6 Å². The quantitative estimate of drug-likeness (QED) is 0.763. The van der Waals surface area contributed by atoms with Crippen LogP contribution in [0.1, 0.15) is 46.0 Å². The number of carbonyl (C=O) groups excluding carboxylic acids is 1. The largest absolute Gasteiger partial charge is 0.352 e. The number of hydrogen-bond acceptors (Lipinski definition) is 2. The van der Waals surface area contributed by atoms with Gasteiger partial charge in [-0.1, -0.05) is 26.7 Å². The first-order valence-electron chi connectivity index (χ1n) is 6.78. The Morgan fingerprint density at radius 2 is 2.12 bits per heavy atom. The lowest BCUT2D eigenvalue weighted by Crippen LogP contribution is -2.49. The zero-order valence-corrected chi connectivity index (χ0v) is 10.5. The molecule has 0 bridgehead atoms. The number of amides is 1. The zero-order valence-electron chi connectivity index (χ0n) is 10.5. The van der Waals surface area contributed by atoms with Crippen molar-refractivity contribution < 1.29 is 4.79 Å². The van der Waals surface area contributed by atoms with Gasteiger partial charge >= 0.3 is 0 Å². The highest BCUT2D eigenvalue weighted by Crippen LogP contribution is 2.33. The van der Waals surface area contributed by atoms with E-state index < -0.39 is 0 Å². The molecule has 2 aliphatic rings. The minimum absolute atomic E-state index is 0.0665. The third-order valence-electron chi connectivity index (χ3n) is 4.18. The van der Waals surface area contributed by atoms with Crippen LogP contribution in [0.25, 0.3) is 0 Å². The molecular weight excluding hydrogens is 200 g/mol. The van der Waals surface area contributed by atoms with Crippen molar-refractivity contribution in [1.82, 2.24) is 10.6 Å². The molecule has 0 radical (unpaired) electrons. The highest BCUT2D eigenvalue weighted by atomic mass is 16.2. The molecule has 0 aromatic carbocycles. The fourth-order valence-electron chi connectivity index (χ4n) is 2.73. The monoisotopic (exact) mass is 224 g/mol. The van der Waals surface area contributed by atoms with Gasteiger partial charge in [-0.25, -0.2) is 0 Å². The summed E-state index contributed by atoms with van der Waals surface area (Å²) in [6.45, 7) is 5.42. The smallest absolute Gasteiger partial charge is 0.237 e. The summed E-state index contributed by atoms with van der Waals surface area (Å²) in [6.07, 6.45) is 5.83. The SMILES string of the molecule is CCC1CCNC(C(=O)NC2CC2CC)C1. The standard InChI is InChI=1S/C13H24N2O/c1-3-9-5-6-14-12(7-9)13(16)15-11-8-10(11)4-2/h9-12,14H,3-8H2,1-2H3,(H,15,16). The minimum Gasteiger partial charge on any atom is -0.352 e. The molecule has 1 heterocycles. The van der Waals surface area contributed by atoms with E-state index in [1.807, 2.05) is 0 Å². The van der Waals surface area contributed by atoms with Gasteiger partial charge in [0.1, 0.15) is 0 Å². The molecule has 0 aromatic rings. The van der Waals surface area contributed by atoms with E-state index in [-0.39, 0.29) is 11.9 Å². The lowest BCUT2D eigenvalue weighted by molar-refractivity contribution is -0.124. The summed E-state index contributed by atoms with van der Waals surface area (Å²) in [6, 6.07) is 0.540. The highest BCUT2D eigenvalue weighted by Gasteiger charge is 2.38. The van der Waals surface area contributed by atoms with E-state index in [1.54, 1.807) is 0 Å². The van der Waals surface area contributed by atoms with Crippen LogP contribution in [-0.2, 0) is 4.79 Å². The minimum atomic E-state index is 0.0665. The van der Waals surface area contributed by atoms with E-state index in [4.69, 9.17) is 0 Å². The predicted octanol–water partition coefficient (Wildman–Crippen LogP) is 1.68. The molecule has 0 aromatic heterocycles. The van der Waals surface area contributed by atoms with Crippen LogP contribution in [0.5, 0.6) is 0 Å². The molecule has 4 unspecified atom stereocenters. The number of rotatable bonds is 4. The second-order valence-corrected chi connectivity index (χ2v) is 5.32. The molecule has 16 heavy (non-hydrogen) atoms. The Labute approximate surface area is 98.4 Å². The molecule has 1 saturated carbocycles. The molecular formula is C13H24N2O. The molecule has 1 aliphatic heterocycles. The molecule has 4 atom stereocenters. The van der Waals surface area contributed by atoms with E-state index in [0.717, 1.165) is 24.8 Å². The first-order valence-corrected chi connectivity index (χ1v) is 6.78. The molecule has 1 aliphatic carbocycles. The Bertz CT molecular complexity index is 254. The average molecular weight is 224 g/mol. The highest BCUT2D eigenvalue weighted by molar-refractivity contribution is 5.82. The third-order valence-corrected chi connectivity index (χ3v) is 4.18. The zero-order chi connectivity index (χ0) is 11.5. The van der Waals surface area contributed by atoms with Crippen LogP contribution < -0.4 is 10.6 Å². The van der Waals surface area contributed by atoms with E-state index >= 15 is 0 Å². The molecule has 1 amide bonds. The Morgan fingerprint density at radius 3 is 2.75 bits per heavy atom. The van der Waals surface area contributed by atoms with E-state index in [0.29, 0.717) is 6.04 Å². The third kappa shape index (κ3) is 2.76. The van der Waals surface area contributed by atoms with Crippen molar-refractivity contribution in [2.24, 2.45) is 11.8 Å². The Morgan fingerprint density at radius 1 is 1.31 bits per heavy atom. The maximum atomic E-state index is 12.0. The Kier molecular flexibility index (Phi) is 3.85. The predicted molar refractivity (Wildman–Crippen MR) is 65.1 cm³/mol. The van der Waals surface area contributed by atoms with Gasteiger partial charge in [0.25, 0.3) is 0 Å². The summed E-state index contributed by atoms with van der Waals surface area (Å²) >= 11 is 0. The topological polar surface area (TPSA) is 41.1 Å². The van der Waals surface area contributed by atoms with Gasteiger partial charge in [-0.2, -0.15) is 0 Å². The van der Waals surface area contributed by atoms with Gasteiger partial charge < -0.3 is 10.6 Å². The summed E-state index contributed by atoms with van der Waals surface area (Å²) in [4.78, 5) is 12.0. The molecule has 0 spiro atoms. The number of nitrogens with one attached hydrogen (secondary N) is 2. The maximum absolute atomic E-state index is 12.0. The van der Waals surface area contributed by atoms with Crippen molar-refractivity contribution in [3.05, 3.63) is 0 Å². The van der Waals surface area contributed by atoms with Crippen molar-refractivity contribution in [1.29, 1.82) is 0 Å². The average Bonchev–Trinajstić information content (AvgIpc) is 3.07. The van der Waals surface area contributed by atoms with Crippen LogP contribution in [0.15, 0.2) is 0 Å². The maximum Gasteiger partial charge on any atom is 0.237 e.